The first-order valence-corrected chi connectivity index (χ1v) is 8.14. The Morgan fingerprint density at radius 3 is 2.64 bits per heavy atom. The third-order valence-electron chi connectivity index (χ3n) is 4.56. The van der Waals surface area contributed by atoms with Crippen molar-refractivity contribution in [2.45, 2.75) is 18.4 Å². The Morgan fingerprint density at radius 2 is 1.92 bits per heavy atom. The summed E-state index contributed by atoms with van der Waals surface area (Å²) >= 11 is 0. The lowest BCUT2D eigenvalue weighted by Gasteiger charge is -2.39. The Hall–Kier alpha value is -2.04. The summed E-state index contributed by atoms with van der Waals surface area (Å²) in [5, 5.41) is 0. The van der Waals surface area contributed by atoms with Gasteiger partial charge in [0.15, 0.2) is 0 Å². The fourth-order valence-corrected chi connectivity index (χ4v) is 3.21. The van der Waals surface area contributed by atoms with Gasteiger partial charge >= 0.3 is 5.97 Å². The Kier molecular flexibility index (Phi) is 6.09. The van der Waals surface area contributed by atoms with Crippen molar-refractivity contribution in [3.63, 3.8) is 0 Å². The van der Waals surface area contributed by atoms with Gasteiger partial charge in [0.25, 0.3) is 0 Å². The van der Waals surface area contributed by atoms with Crippen LogP contribution in [-0.2, 0) is 16.8 Å². The second-order valence-corrected chi connectivity index (χ2v) is 6.50. The van der Waals surface area contributed by atoms with Crippen molar-refractivity contribution in [2.75, 3.05) is 27.7 Å². The van der Waals surface area contributed by atoms with Crippen LogP contribution in [0.3, 0.4) is 0 Å². The first-order chi connectivity index (χ1) is 11.5. The molecule has 1 unspecified atom stereocenters. The molecule has 1 atom stereocenters. The molecule has 5 heteroatoms. The van der Waals surface area contributed by atoms with Crippen LogP contribution >= 0.6 is 12.4 Å². The number of fused-ring (bicyclic) bond motifs is 1. The highest BCUT2D eigenvalue weighted by Gasteiger charge is 2.41. The second kappa shape index (κ2) is 7.89. The van der Waals surface area contributed by atoms with E-state index in [1.54, 1.807) is 7.11 Å². The largest absolute Gasteiger partial charge is 0.497 e. The third-order valence-corrected chi connectivity index (χ3v) is 4.56. The van der Waals surface area contributed by atoms with Crippen LogP contribution in [-0.4, -0.2) is 38.6 Å². The summed E-state index contributed by atoms with van der Waals surface area (Å²) in [6.07, 6.45) is 1.41. The van der Waals surface area contributed by atoms with E-state index in [0.717, 1.165) is 29.8 Å². The number of rotatable bonds is 5. The zero-order chi connectivity index (χ0) is 17.2. The Bertz CT molecular complexity index is 747. The van der Waals surface area contributed by atoms with Crippen molar-refractivity contribution in [2.24, 2.45) is 0 Å². The molecule has 3 rings (SSSR count). The third kappa shape index (κ3) is 3.97. The highest BCUT2D eigenvalue weighted by atomic mass is 35.5. The predicted molar refractivity (Wildman–Crippen MR) is 101 cm³/mol. The molecule has 0 saturated heterocycles. The molecule has 0 spiro atoms. The zero-order valence-electron chi connectivity index (χ0n) is 14.8. The molecular weight excluding hydrogens is 338 g/mol. The maximum Gasteiger partial charge on any atom is 0.339 e. The Morgan fingerprint density at radius 1 is 1.16 bits per heavy atom. The van der Waals surface area contributed by atoms with Gasteiger partial charge in [-0.1, -0.05) is 30.3 Å². The minimum Gasteiger partial charge on any atom is -0.497 e. The van der Waals surface area contributed by atoms with E-state index >= 15 is 0 Å². The van der Waals surface area contributed by atoms with E-state index in [1.807, 2.05) is 62.6 Å². The molecule has 2 aromatic rings. The van der Waals surface area contributed by atoms with Gasteiger partial charge in [0.05, 0.1) is 12.7 Å². The lowest BCUT2D eigenvalue weighted by atomic mass is 9.80. The Balaban J connectivity index is 0.00000225. The standard InChI is InChI=1S/C20H23NO3.ClH/c1-21(2)12-11-20(16-8-6-9-17(13-16)23-3)14-15-7-4-5-10-18(15)19(22)24-20;/h4-10,13H,11-12,14H2,1-3H3;1H. The van der Waals surface area contributed by atoms with Crippen LogP contribution in [0.5, 0.6) is 5.75 Å². The van der Waals surface area contributed by atoms with Gasteiger partial charge in [-0.25, -0.2) is 4.79 Å². The van der Waals surface area contributed by atoms with Crippen LogP contribution < -0.4 is 4.74 Å². The number of hydrogen-bond acceptors (Lipinski definition) is 4. The van der Waals surface area contributed by atoms with Crippen molar-refractivity contribution in [1.82, 2.24) is 4.90 Å². The van der Waals surface area contributed by atoms with E-state index in [1.165, 1.54) is 0 Å². The number of nitrogens with zero attached hydrogens (tertiary/aromatic N) is 1. The van der Waals surface area contributed by atoms with Crippen molar-refractivity contribution in [3.05, 3.63) is 65.2 Å². The molecule has 0 aromatic heterocycles. The molecular formula is C20H24ClNO3. The molecule has 0 bridgehead atoms. The summed E-state index contributed by atoms with van der Waals surface area (Å²) in [5.74, 6) is 0.519. The molecule has 0 radical (unpaired) electrons. The number of halogens is 1. The van der Waals surface area contributed by atoms with Crippen LogP contribution in [0.4, 0.5) is 0 Å². The number of carbonyl (C=O) groups is 1. The molecule has 0 fully saturated rings. The van der Waals surface area contributed by atoms with Gasteiger partial charge in [0.1, 0.15) is 11.4 Å². The number of cyclic esters (lactones) is 1. The summed E-state index contributed by atoms with van der Waals surface area (Å²) < 4.78 is 11.4. The van der Waals surface area contributed by atoms with Crippen LogP contribution in [0.2, 0.25) is 0 Å². The van der Waals surface area contributed by atoms with Crippen molar-refractivity contribution in [3.8, 4) is 5.75 Å². The molecule has 0 amide bonds. The number of benzene rings is 2. The van der Waals surface area contributed by atoms with E-state index in [0.29, 0.717) is 12.0 Å². The van der Waals surface area contributed by atoms with Gasteiger partial charge in [0, 0.05) is 19.4 Å². The summed E-state index contributed by atoms with van der Waals surface area (Å²) in [4.78, 5) is 14.7. The van der Waals surface area contributed by atoms with Crippen LogP contribution in [0, 0.1) is 0 Å². The van der Waals surface area contributed by atoms with Gasteiger partial charge < -0.3 is 14.4 Å². The lowest BCUT2D eigenvalue weighted by Crippen LogP contribution is -2.41. The minimum atomic E-state index is -0.662. The van der Waals surface area contributed by atoms with Crippen LogP contribution in [0.1, 0.15) is 27.9 Å². The summed E-state index contributed by atoms with van der Waals surface area (Å²) in [6.45, 7) is 0.826. The normalized spacial score (nSPS) is 19.0. The zero-order valence-corrected chi connectivity index (χ0v) is 15.6. The smallest absolute Gasteiger partial charge is 0.339 e. The number of ether oxygens (including phenoxy) is 2. The maximum absolute atomic E-state index is 12.6. The molecule has 1 heterocycles. The van der Waals surface area contributed by atoms with Gasteiger partial charge in [0.2, 0.25) is 0 Å². The topological polar surface area (TPSA) is 38.8 Å². The molecule has 4 nitrogen and oxygen atoms in total. The quantitative estimate of drug-likeness (QED) is 0.761. The average molecular weight is 362 g/mol. The summed E-state index contributed by atoms with van der Waals surface area (Å²) in [7, 11) is 5.70. The van der Waals surface area contributed by atoms with Crippen molar-refractivity contribution in [1.29, 1.82) is 0 Å². The molecule has 1 aliphatic heterocycles. The van der Waals surface area contributed by atoms with Gasteiger partial charge in [-0.3, -0.25) is 0 Å². The molecule has 1 aliphatic rings. The van der Waals surface area contributed by atoms with Crippen molar-refractivity contribution < 1.29 is 14.3 Å². The number of methoxy groups -OCH3 is 1. The predicted octanol–water partition coefficient (Wildman–Crippen LogP) is 3.68. The second-order valence-electron chi connectivity index (χ2n) is 6.50. The van der Waals surface area contributed by atoms with E-state index < -0.39 is 5.60 Å². The summed E-state index contributed by atoms with van der Waals surface area (Å²) in [6, 6.07) is 15.5. The average Bonchev–Trinajstić information content (AvgIpc) is 2.60. The first-order valence-electron chi connectivity index (χ1n) is 8.14. The van der Waals surface area contributed by atoms with Crippen molar-refractivity contribution >= 4 is 18.4 Å². The molecule has 25 heavy (non-hydrogen) atoms. The molecule has 0 N–H and O–H groups in total. The molecule has 0 saturated carbocycles. The van der Waals surface area contributed by atoms with E-state index in [-0.39, 0.29) is 18.4 Å². The Labute approximate surface area is 155 Å². The summed E-state index contributed by atoms with van der Waals surface area (Å²) in [5.41, 5.74) is 2.02. The molecule has 0 aliphatic carbocycles. The van der Waals surface area contributed by atoms with E-state index in [2.05, 4.69) is 4.90 Å². The maximum atomic E-state index is 12.6. The lowest BCUT2D eigenvalue weighted by molar-refractivity contribution is -0.0356. The minimum absolute atomic E-state index is 0. The highest BCUT2D eigenvalue weighted by Crippen LogP contribution is 2.40. The molecule has 2 aromatic carbocycles. The number of esters is 1. The van der Waals surface area contributed by atoms with E-state index in [4.69, 9.17) is 9.47 Å². The van der Waals surface area contributed by atoms with Gasteiger partial charge in [-0.05, 0) is 43.4 Å². The number of hydrogen-bond donors (Lipinski definition) is 0. The fourth-order valence-electron chi connectivity index (χ4n) is 3.21. The van der Waals surface area contributed by atoms with Gasteiger partial charge in [-0.15, -0.1) is 12.4 Å². The number of carbonyl (C=O) groups excluding carboxylic acids is 1. The highest BCUT2D eigenvalue weighted by molar-refractivity contribution is 5.92. The first kappa shape index (κ1) is 19.3. The monoisotopic (exact) mass is 361 g/mol. The van der Waals surface area contributed by atoms with Gasteiger partial charge in [-0.2, -0.15) is 0 Å². The van der Waals surface area contributed by atoms with Crippen LogP contribution in [0.25, 0.3) is 0 Å². The van der Waals surface area contributed by atoms with Crippen LogP contribution in [0.15, 0.2) is 48.5 Å². The van der Waals surface area contributed by atoms with E-state index in [9.17, 15) is 4.79 Å². The SMILES string of the molecule is COc1cccc(C2(CCN(C)C)Cc3ccccc3C(=O)O2)c1.Cl. The molecule has 134 valence electrons. The fraction of sp³-hybridized carbons (Fsp3) is 0.350.